The number of carbonyl (C=O) groups excluding carboxylic acids is 1. The first-order chi connectivity index (χ1) is 7.86. The fraction of sp³-hybridized carbons (Fsp3) is 0.417. The van der Waals surface area contributed by atoms with E-state index in [0.717, 1.165) is 17.8 Å². The molecule has 1 aromatic rings. The lowest BCUT2D eigenvalue weighted by molar-refractivity contribution is 0.0664. The molecule has 0 aliphatic carbocycles. The van der Waals surface area contributed by atoms with E-state index < -0.39 is 0 Å². The quantitative estimate of drug-likeness (QED) is 0.598. The number of ether oxygens (including phenoxy) is 1. The van der Waals surface area contributed by atoms with Gasteiger partial charge in [-0.05, 0) is 12.1 Å². The van der Waals surface area contributed by atoms with E-state index in [4.69, 9.17) is 4.74 Å². The maximum Gasteiger partial charge on any atom is 0.258 e. The Morgan fingerprint density at radius 3 is 3.00 bits per heavy atom. The van der Waals surface area contributed by atoms with Crippen molar-refractivity contribution in [1.82, 2.24) is 4.90 Å². The van der Waals surface area contributed by atoms with Gasteiger partial charge in [0.05, 0.1) is 24.3 Å². The molecule has 4 heteroatoms. The minimum Gasteiger partial charge on any atom is -0.362 e. The van der Waals surface area contributed by atoms with E-state index in [9.17, 15) is 4.79 Å². The van der Waals surface area contributed by atoms with Crippen LogP contribution in [0.5, 0.6) is 0 Å². The van der Waals surface area contributed by atoms with E-state index in [1.54, 1.807) is 0 Å². The lowest BCUT2D eigenvalue weighted by Gasteiger charge is -2.19. The Morgan fingerprint density at radius 2 is 2.06 bits per heavy atom. The Morgan fingerprint density at radius 1 is 1.19 bits per heavy atom. The summed E-state index contributed by atoms with van der Waals surface area (Å²) < 4.78 is 5.41. The molecule has 16 heavy (non-hydrogen) atoms. The van der Waals surface area contributed by atoms with E-state index in [1.165, 1.54) is 0 Å². The highest BCUT2D eigenvalue weighted by atomic mass is 16.5. The standard InChI is InChI=1S/C12H12N2O2/c15-12-8-3-1-2-4-9(8)13-5-10(13)11-6-16-7-14(11)12/h1-4,10-11H,5-7H2. The van der Waals surface area contributed by atoms with Crippen molar-refractivity contribution in [2.24, 2.45) is 0 Å². The van der Waals surface area contributed by atoms with Crippen molar-refractivity contribution in [2.45, 2.75) is 12.1 Å². The molecule has 0 N–H and O–H groups in total. The summed E-state index contributed by atoms with van der Waals surface area (Å²) in [6, 6.07) is 8.58. The van der Waals surface area contributed by atoms with Crippen LogP contribution in [0.2, 0.25) is 0 Å². The summed E-state index contributed by atoms with van der Waals surface area (Å²) in [5, 5.41) is 0. The van der Waals surface area contributed by atoms with E-state index in [0.29, 0.717) is 19.4 Å². The van der Waals surface area contributed by atoms with Crippen molar-refractivity contribution < 1.29 is 9.53 Å². The third-order valence-corrected chi connectivity index (χ3v) is 3.72. The van der Waals surface area contributed by atoms with Crippen molar-refractivity contribution in [3.05, 3.63) is 29.8 Å². The zero-order valence-corrected chi connectivity index (χ0v) is 8.80. The second-order valence-corrected chi connectivity index (χ2v) is 4.58. The van der Waals surface area contributed by atoms with Gasteiger partial charge in [-0.1, -0.05) is 12.1 Å². The molecule has 0 spiro atoms. The fourth-order valence-corrected chi connectivity index (χ4v) is 2.81. The maximum absolute atomic E-state index is 12.3. The predicted octanol–water partition coefficient (Wildman–Crippen LogP) is 0.687. The first-order valence-electron chi connectivity index (χ1n) is 5.60. The van der Waals surface area contributed by atoms with Gasteiger partial charge in [0.15, 0.2) is 0 Å². The highest BCUT2D eigenvalue weighted by Gasteiger charge is 2.51. The molecule has 1 amide bonds. The van der Waals surface area contributed by atoms with Crippen molar-refractivity contribution in [1.29, 1.82) is 0 Å². The van der Waals surface area contributed by atoms with Gasteiger partial charge in [0, 0.05) is 12.2 Å². The van der Waals surface area contributed by atoms with Crippen LogP contribution in [-0.4, -0.2) is 42.8 Å². The predicted molar refractivity (Wildman–Crippen MR) is 58.4 cm³/mol. The monoisotopic (exact) mass is 216 g/mol. The van der Waals surface area contributed by atoms with E-state index in [2.05, 4.69) is 4.90 Å². The van der Waals surface area contributed by atoms with Crippen LogP contribution in [0.25, 0.3) is 0 Å². The summed E-state index contributed by atoms with van der Waals surface area (Å²) in [4.78, 5) is 16.5. The molecule has 2 saturated heterocycles. The van der Waals surface area contributed by atoms with E-state index in [-0.39, 0.29) is 11.9 Å². The molecule has 0 radical (unpaired) electrons. The minimum absolute atomic E-state index is 0.116. The summed E-state index contributed by atoms with van der Waals surface area (Å²) in [7, 11) is 0. The second kappa shape index (κ2) is 2.77. The van der Waals surface area contributed by atoms with Gasteiger partial charge < -0.3 is 14.5 Å². The largest absolute Gasteiger partial charge is 0.362 e. The smallest absolute Gasteiger partial charge is 0.258 e. The highest BCUT2D eigenvalue weighted by Crippen LogP contribution is 2.39. The summed E-state index contributed by atoms with van der Waals surface area (Å²) in [6.45, 7) is 2.18. The van der Waals surface area contributed by atoms with Crippen molar-refractivity contribution in [3.63, 3.8) is 0 Å². The molecule has 3 aliphatic rings. The topological polar surface area (TPSA) is 32.5 Å². The molecule has 0 bridgehead atoms. The summed E-state index contributed by atoms with van der Waals surface area (Å²) in [6.07, 6.45) is 0. The van der Waals surface area contributed by atoms with E-state index in [1.807, 2.05) is 29.2 Å². The molecule has 4 nitrogen and oxygen atoms in total. The molecule has 0 saturated carbocycles. The molecule has 3 heterocycles. The number of benzene rings is 1. The van der Waals surface area contributed by atoms with Gasteiger partial charge >= 0.3 is 0 Å². The Kier molecular flexibility index (Phi) is 1.48. The Labute approximate surface area is 93.4 Å². The molecule has 0 aromatic heterocycles. The van der Waals surface area contributed by atoms with Crippen LogP contribution in [0.3, 0.4) is 0 Å². The number of carbonyl (C=O) groups is 1. The normalized spacial score (nSPS) is 30.6. The Hall–Kier alpha value is -1.55. The summed E-state index contributed by atoms with van der Waals surface area (Å²) >= 11 is 0. The van der Waals surface area contributed by atoms with Gasteiger partial charge in [0.1, 0.15) is 6.73 Å². The SMILES string of the molecule is O=C1c2ccccc2N2CC2C2COCN12. The molecule has 2 atom stereocenters. The van der Waals surface area contributed by atoms with Gasteiger partial charge in [-0.15, -0.1) is 0 Å². The first kappa shape index (κ1) is 8.58. The second-order valence-electron chi connectivity index (χ2n) is 4.58. The number of anilines is 1. The van der Waals surface area contributed by atoms with Crippen molar-refractivity contribution in [3.8, 4) is 0 Å². The molecule has 2 unspecified atom stereocenters. The number of para-hydroxylation sites is 1. The van der Waals surface area contributed by atoms with Gasteiger partial charge in [-0.25, -0.2) is 0 Å². The lowest BCUT2D eigenvalue weighted by atomic mass is 10.1. The molecule has 3 aliphatic heterocycles. The van der Waals surface area contributed by atoms with Crippen LogP contribution in [0, 0.1) is 0 Å². The Balaban J connectivity index is 1.88. The number of fused-ring (bicyclic) bond motifs is 5. The van der Waals surface area contributed by atoms with Gasteiger partial charge in [-0.3, -0.25) is 4.79 Å². The molecule has 1 aromatic carbocycles. The van der Waals surface area contributed by atoms with E-state index >= 15 is 0 Å². The fourth-order valence-electron chi connectivity index (χ4n) is 2.81. The van der Waals surface area contributed by atoms with Crippen LogP contribution < -0.4 is 4.90 Å². The van der Waals surface area contributed by atoms with Gasteiger partial charge in [0.2, 0.25) is 0 Å². The van der Waals surface area contributed by atoms with Crippen LogP contribution in [0.4, 0.5) is 5.69 Å². The van der Waals surface area contributed by atoms with Crippen LogP contribution >= 0.6 is 0 Å². The third kappa shape index (κ3) is 0.950. The average molecular weight is 216 g/mol. The van der Waals surface area contributed by atoms with Crippen molar-refractivity contribution >= 4 is 11.6 Å². The van der Waals surface area contributed by atoms with Gasteiger partial charge in [0.25, 0.3) is 5.91 Å². The van der Waals surface area contributed by atoms with Crippen molar-refractivity contribution in [2.75, 3.05) is 24.8 Å². The number of hydrogen-bond donors (Lipinski definition) is 0. The molecule has 2 fully saturated rings. The lowest BCUT2D eigenvalue weighted by Crippen LogP contribution is -2.39. The third-order valence-electron chi connectivity index (χ3n) is 3.72. The Bertz CT molecular complexity index is 474. The molecular weight excluding hydrogens is 204 g/mol. The van der Waals surface area contributed by atoms with Gasteiger partial charge in [-0.2, -0.15) is 0 Å². The molecule has 4 rings (SSSR count). The summed E-state index contributed by atoms with van der Waals surface area (Å²) in [5.74, 6) is 0.116. The number of amides is 1. The molecule has 82 valence electrons. The summed E-state index contributed by atoms with van der Waals surface area (Å²) in [5.41, 5.74) is 1.91. The zero-order valence-electron chi connectivity index (χ0n) is 8.80. The average Bonchev–Trinajstić information content (AvgIpc) is 2.98. The van der Waals surface area contributed by atoms with Crippen LogP contribution in [0.15, 0.2) is 24.3 Å². The number of hydrogen-bond acceptors (Lipinski definition) is 3. The number of rotatable bonds is 0. The van der Waals surface area contributed by atoms with Crippen LogP contribution in [0.1, 0.15) is 10.4 Å². The maximum atomic E-state index is 12.3. The molecular formula is C12H12N2O2. The number of nitrogens with zero attached hydrogens (tertiary/aromatic N) is 2. The minimum atomic E-state index is 0.116. The highest BCUT2D eigenvalue weighted by molar-refractivity contribution is 6.01. The zero-order chi connectivity index (χ0) is 10.7. The van der Waals surface area contributed by atoms with Crippen LogP contribution in [-0.2, 0) is 4.74 Å². The first-order valence-corrected chi connectivity index (χ1v) is 5.60.